The highest BCUT2D eigenvalue weighted by Crippen LogP contribution is 2.38. The summed E-state index contributed by atoms with van der Waals surface area (Å²) >= 11 is 0. The fourth-order valence-corrected chi connectivity index (χ4v) is 2.66. The number of methoxy groups -OCH3 is 3. The second-order valence-electron chi connectivity index (χ2n) is 5.60. The second-order valence-corrected chi connectivity index (χ2v) is 5.60. The molecule has 2 rings (SSSR count). The molecule has 0 radical (unpaired) electrons. The third-order valence-corrected chi connectivity index (χ3v) is 3.96. The molecule has 138 valence electrons. The maximum atomic E-state index is 12.4. The summed E-state index contributed by atoms with van der Waals surface area (Å²) in [5, 5.41) is 2.80. The van der Waals surface area contributed by atoms with Gasteiger partial charge in [-0.2, -0.15) is 0 Å². The molecular weight excluding hydrogens is 336 g/mol. The lowest BCUT2D eigenvalue weighted by molar-refractivity contribution is -0.115. The van der Waals surface area contributed by atoms with Gasteiger partial charge in [0, 0.05) is 11.3 Å². The number of hydrogen-bond acceptors (Lipinski definition) is 5. The van der Waals surface area contributed by atoms with Gasteiger partial charge in [-0.1, -0.05) is 6.07 Å². The van der Waals surface area contributed by atoms with Crippen LogP contribution in [0, 0.1) is 6.92 Å². The summed E-state index contributed by atoms with van der Waals surface area (Å²) in [7, 11) is 4.54. The Morgan fingerprint density at radius 3 is 2.15 bits per heavy atom. The highest BCUT2D eigenvalue weighted by Gasteiger charge is 2.16. The van der Waals surface area contributed by atoms with Crippen molar-refractivity contribution in [1.82, 2.24) is 0 Å². The maximum Gasteiger partial charge on any atom is 0.249 e. The second kappa shape index (κ2) is 8.24. The molecule has 0 aromatic heterocycles. The van der Waals surface area contributed by atoms with Crippen LogP contribution in [-0.2, 0) is 11.2 Å². The minimum atomic E-state index is -0.539. The molecule has 2 aromatic carbocycles. The predicted molar refractivity (Wildman–Crippen MR) is 98.1 cm³/mol. The zero-order valence-corrected chi connectivity index (χ0v) is 15.2. The Balaban J connectivity index is 2.23. The van der Waals surface area contributed by atoms with Crippen LogP contribution in [0.25, 0.3) is 0 Å². The average molecular weight is 358 g/mol. The van der Waals surface area contributed by atoms with Crippen molar-refractivity contribution in [3.05, 3.63) is 47.0 Å². The number of ether oxygens (including phenoxy) is 3. The number of hydrogen-bond donors (Lipinski definition) is 2. The van der Waals surface area contributed by atoms with Gasteiger partial charge in [0.2, 0.25) is 17.6 Å². The van der Waals surface area contributed by atoms with Crippen LogP contribution in [0.3, 0.4) is 0 Å². The van der Waals surface area contributed by atoms with Gasteiger partial charge in [-0.15, -0.1) is 0 Å². The van der Waals surface area contributed by atoms with Crippen molar-refractivity contribution < 1.29 is 23.8 Å². The van der Waals surface area contributed by atoms with E-state index in [0.29, 0.717) is 39.6 Å². The molecule has 0 spiro atoms. The number of carbonyl (C=O) groups excluding carboxylic acids is 2. The molecule has 2 amide bonds. The Kier molecular flexibility index (Phi) is 6.06. The minimum Gasteiger partial charge on any atom is -0.493 e. The number of primary amides is 1. The average Bonchev–Trinajstić information content (AvgIpc) is 2.62. The monoisotopic (exact) mass is 358 g/mol. The van der Waals surface area contributed by atoms with E-state index in [9.17, 15) is 9.59 Å². The van der Waals surface area contributed by atoms with E-state index in [1.165, 1.54) is 21.3 Å². The first-order valence-electron chi connectivity index (χ1n) is 7.89. The van der Waals surface area contributed by atoms with Crippen molar-refractivity contribution in [3.8, 4) is 17.2 Å². The number of nitrogens with one attached hydrogen (secondary N) is 1. The topological polar surface area (TPSA) is 99.9 Å². The molecule has 7 nitrogen and oxygen atoms in total. The molecule has 0 aliphatic carbocycles. The zero-order chi connectivity index (χ0) is 19.3. The number of amides is 2. The van der Waals surface area contributed by atoms with Crippen LogP contribution >= 0.6 is 0 Å². The molecule has 0 unspecified atom stereocenters. The summed E-state index contributed by atoms with van der Waals surface area (Å²) in [5.74, 6) is 0.625. The highest BCUT2D eigenvalue weighted by atomic mass is 16.5. The van der Waals surface area contributed by atoms with Gasteiger partial charge in [-0.05, 0) is 42.3 Å². The van der Waals surface area contributed by atoms with Gasteiger partial charge in [0.25, 0.3) is 0 Å². The molecule has 0 aliphatic rings. The molecule has 0 aliphatic heterocycles. The molecule has 0 saturated heterocycles. The molecule has 3 N–H and O–H groups in total. The Labute approximate surface area is 152 Å². The predicted octanol–water partition coefficient (Wildman–Crippen LogP) is 2.30. The van der Waals surface area contributed by atoms with Crippen LogP contribution in [0.5, 0.6) is 17.2 Å². The molecule has 0 heterocycles. The summed E-state index contributed by atoms with van der Waals surface area (Å²) in [6.45, 7) is 1.73. The Morgan fingerprint density at radius 1 is 1.04 bits per heavy atom. The lowest BCUT2D eigenvalue weighted by atomic mass is 10.1. The molecule has 0 fully saturated rings. The number of carbonyl (C=O) groups is 2. The number of benzene rings is 2. The minimum absolute atomic E-state index is 0.0942. The van der Waals surface area contributed by atoms with Gasteiger partial charge >= 0.3 is 0 Å². The third kappa shape index (κ3) is 4.05. The molecule has 7 heteroatoms. The van der Waals surface area contributed by atoms with Crippen molar-refractivity contribution in [2.75, 3.05) is 26.6 Å². The van der Waals surface area contributed by atoms with E-state index >= 15 is 0 Å². The van der Waals surface area contributed by atoms with E-state index in [4.69, 9.17) is 19.9 Å². The first-order chi connectivity index (χ1) is 12.4. The Hall–Kier alpha value is -3.22. The lowest BCUT2D eigenvalue weighted by Crippen LogP contribution is -2.18. The number of rotatable bonds is 7. The van der Waals surface area contributed by atoms with Gasteiger partial charge in [0.1, 0.15) is 0 Å². The zero-order valence-electron chi connectivity index (χ0n) is 15.2. The summed E-state index contributed by atoms with van der Waals surface area (Å²) in [6, 6.07) is 8.44. The fraction of sp³-hybridized carbons (Fsp3) is 0.263. The van der Waals surface area contributed by atoms with Crippen LogP contribution in [0.2, 0.25) is 0 Å². The summed E-state index contributed by atoms with van der Waals surface area (Å²) in [6.07, 6.45) is 0.0942. The van der Waals surface area contributed by atoms with Gasteiger partial charge in [0.05, 0.1) is 27.8 Å². The molecule has 26 heavy (non-hydrogen) atoms. The van der Waals surface area contributed by atoms with Crippen molar-refractivity contribution in [2.24, 2.45) is 5.73 Å². The summed E-state index contributed by atoms with van der Waals surface area (Å²) in [4.78, 5) is 23.9. The molecule has 2 aromatic rings. The van der Waals surface area contributed by atoms with E-state index < -0.39 is 5.91 Å². The summed E-state index contributed by atoms with van der Waals surface area (Å²) < 4.78 is 15.9. The van der Waals surface area contributed by atoms with Crippen LogP contribution in [0.4, 0.5) is 5.69 Å². The molecule has 0 atom stereocenters. The van der Waals surface area contributed by atoms with Crippen molar-refractivity contribution in [2.45, 2.75) is 13.3 Å². The van der Waals surface area contributed by atoms with Gasteiger partial charge in [0.15, 0.2) is 11.5 Å². The van der Waals surface area contributed by atoms with E-state index in [-0.39, 0.29) is 12.3 Å². The van der Waals surface area contributed by atoms with Gasteiger partial charge in [-0.3, -0.25) is 9.59 Å². The smallest absolute Gasteiger partial charge is 0.249 e. The van der Waals surface area contributed by atoms with Crippen molar-refractivity contribution in [3.63, 3.8) is 0 Å². The third-order valence-electron chi connectivity index (χ3n) is 3.96. The van der Waals surface area contributed by atoms with E-state index in [0.717, 1.165) is 0 Å². The van der Waals surface area contributed by atoms with Crippen molar-refractivity contribution in [1.29, 1.82) is 0 Å². The lowest BCUT2D eigenvalue weighted by Gasteiger charge is -2.14. The standard InChI is InChI=1S/C19H22N2O5/c1-11-13(19(20)23)6-5-7-14(11)21-17(22)10-12-8-15(24-2)18(26-4)16(9-12)25-3/h5-9H,10H2,1-4H3,(H2,20,23)(H,21,22). The van der Waals surface area contributed by atoms with Crippen molar-refractivity contribution >= 4 is 17.5 Å². The molecular formula is C19H22N2O5. The van der Waals surface area contributed by atoms with E-state index in [1.54, 1.807) is 37.3 Å². The largest absolute Gasteiger partial charge is 0.493 e. The van der Waals surface area contributed by atoms with Crippen LogP contribution in [0.15, 0.2) is 30.3 Å². The normalized spacial score (nSPS) is 10.2. The highest BCUT2D eigenvalue weighted by molar-refractivity contribution is 5.99. The molecule has 0 saturated carbocycles. The number of anilines is 1. The quantitative estimate of drug-likeness (QED) is 0.791. The Morgan fingerprint density at radius 2 is 1.65 bits per heavy atom. The van der Waals surface area contributed by atoms with E-state index in [2.05, 4.69) is 5.32 Å². The summed E-state index contributed by atoms with van der Waals surface area (Å²) in [5.41, 5.74) is 7.57. The number of nitrogens with two attached hydrogens (primary N) is 1. The van der Waals surface area contributed by atoms with E-state index in [1.807, 2.05) is 0 Å². The van der Waals surface area contributed by atoms with Crippen LogP contribution < -0.4 is 25.3 Å². The van der Waals surface area contributed by atoms with Gasteiger partial charge in [-0.25, -0.2) is 0 Å². The molecule has 0 bridgehead atoms. The van der Waals surface area contributed by atoms with Crippen LogP contribution in [-0.4, -0.2) is 33.1 Å². The first kappa shape index (κ1) is 19.1. The van der Waals surface area contributed by atoms with Crippen LogP contribution in [0.1, 0.15) is 21.5 Å². The fourth-order valence-electron chi connectivity index (χ4n) is 2.66. The first-order valence-corrected chi connectivity index (χ1v) is 7.89. The SMILES string of the molecule is COc1cc(CC(=O)Nc2cccc(C(N)=O)c2C)cc(OC)c1OC. The van der Waals surface area contributed by atoms with Gasteiger partial charge < -0.3 is 25.3 Å². The Bertz CT molecular complexity index is 808. The maximum absolute atomic E-state index is 12.4.